The number of benzene rings is 1. The van der Waals surface area contributed by atoms with Crippen molar-refractivity contribution in [3.8, 4) is 0 Å². The topological polar surface area (TPSA) is 44.4 Å². The SMILES string of the molecule is CC(C)CN1C[C@H]2C[C@]3(C(=O)NCc4ccccc4)NC[C@H]2[C@H]1[C@H]3CC1CCCCC1. The molecule has 0 spiro atoms. The molecular formula is C27H41N3O. The number of rotatable bonds is 7. The van der Waals surface area contributed by atoms with Gasteiger partial charge in [-0.3, -0.25) is 9.69 Å². The van der Waals surface area contributed by atoms with E-state index in [2.05, 4.69) is 53.6 Å². The van der Waals surface area contributed by atoms with Crippen LogP contribution in [-0.2, 0) is 11.3 Å². The molecule has 5 atom stereocenters. The molecule has 0 radical (unpaired) electrons. The minimum Gasteiger partial charge on any atom is -0.350 e. The van der Waals surface area contributed by atoms with E-state index in [4.69, 9.17) is 0 Å². The highest BCUT2D eigenvalue weighted by Gasteiger charge is 2.64. The minimum atomic E-state index is -0.373. The van der Waals surface area contributed by atoms with Crippen LogP contribution in [0, 0.1) is 29.6 Å². The van der Waals surface area contributed by atoms with E-state index in [1.807, 2.05) is 6.07 Å². The van der Waals surface area contributed by atoms with Gasteiger partial charge < -0.3 is 10.6 Å². The van der Waals surface area contributed by atoms with E-state index in [0.29, 0.717) is 30.3 Å². The second kappa shape index (κ2) is 8.86. The van der Waals surface area contributed by atoms with E-state index >= 15 is 0 Å². The Hall–Kier alpha value is -1.39. The van der Waals surface area contributed by atoms with Gasteiger partial charge in [0.15, 0.2) is 0 Å². The molecule has 1 aromatic carbocycles. The third-order valence-electron chi connectivity index (χ3n) is 8.83. The van der Waals surface area contributed by atoms with Crippen LogP contribution in [0.25, 0.3) is 0 Å². The van der Waals surface area contributed by atoms with Crippen molar-refractivity contribution in [1.29, 1.82) is 0 Å². The lowest BCUT2D eigenvalue weighted by atomic mass is 9.57. The standard InChI is InChI=1S/C27H41N3O/c1-19(2)17-30-18-22-14-27(26(31)28-15-21-11-7-4-8-12-21)24(25(30)23(22)16-29-27)13-20-9-5-3-6-10-20/h4,7-8,11-12,19-20,22-25,29H,3,5-6,9-10,13-18H2,1-2H3,(H,28,31)/t22-,23-,24-,25+,27+/m1/s1. The molecule has 2 saturated carbocycles. The van der Waals surface area contributed by atoms with E-state index in [1.165, 1.54) is 57.2 Å². The van der Waals surface area contributed by atoms with Crippen LogP contribution >= 0.6 is 0 Å². The van der Waals surface area contributed by atoms with Gasteiger partial charge in [0.2, 0.25) is 5.91 Å². The molecule has 4 nitrogen and oxygen atoms in total. The van der Waals surface area contributed by atoms with Crippen LogP contribution in [0.15, 0.2) is 30.3 Å². The zero-order valence-corrected chi connectivity index (χ0v) is 19.5. The monoisotopic (exact) mass is 423 g/mol. The molecule has 0 unspecified atom stereocenters. The lowest BCUT2D eigenvalue weighted by Crippen LogP contribution is -2.74. The Morgan fingerprint density at radius 1 is 1.19 bits per heavy atom. The van der Waals surface area contributed by atoms with Crippen molar-refractivity contribution in [2.24, 2.45) is 29.6 Å². The fraction of sp³-hybridized carbons (Fsp3) is 0.741. The maximum Gasteiger partial charge on any atom is 0.240 e. The summed E-state index contributed by atoms with van der Waals surface area (Å²) in [7, 11) is 0. The molecule has 1 aromatic rings. The fourth-order valence-electron chi connectivity index (χ4n) is 7.59. The number of carbonyl (C=O) groups is 1. The number of hydrogen-bond acceptors (Lipinski definition) is 3. The zero-order chi connectivity index (χ0) is 21.4. The molecule has 2 aliphatic carbocycles. The van der Waals surface area contributed by atoms with Gasteiger partial charge in [0.05, 0.1) is 0 Å². The summed E-state index contributed by atoms with van der Waals surface area (Å²) in [5.74, 6) is 3.60. The minimum absolute atomic E-state index is 0.261. The van der Waals surface area contributed by atoms with Crippen LogP contribution in [-0.4, -0.2) is 42.0 Å². The molecule has 3 aliphatic heterocycles. The van der Waals surface area contributed by atoms with Gasteiger partial charge >= 0.3 is 0 Å². The highest BCUT2D eigenvalue weighted by atomic mass is 16.2. The van der Waals surface area contributed by atoms with Crippen LogP contribution in [0.4, 0.5) is 0 Å². The van der Waals surface area contributed by atoms with Gasteiger partial charge in [0.1, 0.15) is 5.54 Å². The van der Waals surface area contributed by atoms with Crippen molar-refractivity contribution in [1.82, 2.24) is 15.5 Å². The van der Waals surface area contributed by atoms with Crippen molar-refractivity contribution in [3.05, 3.63) is 35.9 Å². The van der Waals surface area contributed by atoms with E-state index in [9.17, 15) is 4.79 Å². The molecule has 1 amide bonds. The maximum absolute atomic E-state index is 13.9. The van der Waals surface area contributed by atoms with Crippen LogP contribution in [0.5, 0.6) is 0 Å². The summed E-state index contributed by atoms with van der Waals surface area (Å²) in [5.41, 5.74) is 0.812. The lowest BCUT2D eigenvalue weighted by Gasteiger charge is -2.57. The van der Waals surface area contributed by atoms with Crippen LogP contribution < -0.4 is 10.6 Å². The Balaban J connectivity index is 1.40. The van der Waals surface area contributed by atoms with Gasteiger partial charge in [0, 0.05) is 38.1 Å². The number of fused-ring (bicyclic) bond motifs is 1. The summed E-state index contributed by atoms with van der Waals surface area (Å²) in [4.78, 5) is 16.6. The highest BCUT2D eigenvalue weighted by Crippen LogP contribution is 2.54. The maximum atomic E-state index is 13.9. The number of hydrogen-bond donors (Lipinski definition) is 2. The second-order valence-electron chi connectivity index (χ2n) is 11.3. The molecule has 2 N–H and O–H groups in total. The van der Waals surface area contributed by atoms with E-state index < -0.39 is 0 Å². The molecular weight excluding hydrogens is 382 g/mol. The first-order valence-electron chi connectivity index (χ1n) is 12.9. The third-order valence-corrected chi connectivity index (χ3v) is 8.83. The summed E-state index contributed by atoms with van der Waals surface area (Å²) >= 11 is 0. The van der Waals surface area contributed by atoms with Gasteiger partial charge in [0.25, 0.3) is 0 Å². The first kappa shape index (κ1) is 21.5. The fourth-order valence-corrected chi connectivity index (χ4v) is 7.59. The van der Waals surface area contributed by atoms with Crippen molar-refractivity contribution in [3.63, 3.8) is 0 Å². The largest absolute Gasteiger partial charge is 0.350 e. The number of amides is 1. The number of piperidine rings is 2. The Morgan fingerprint density at radius 2 is 1.97 bits per heavy atom. The summed E-state index contributed by atoms with van der Waals surface area (Å²) in [6, 6.07) is 11.0. The van der Waals surface area contributed by atoms with E-state index in [1.54, 1.807) is 0 Å². The predicted molar refractivity (Wildman–Crippen MR) is 126 cm³/mol. The van der Waals surface area contributed by atoms with Gasteiger partial charge in [-0.1, -0.05) is 76.3 Å². The van der Waals surface area contributed by atoms with Gasteiger partial charge in [-0.2, -0.15) is 0 Å². The predicted octanol–water partition coefficient (Wildman–Crippen LogP) is 4.21. The van der Waals surface area contributed by atoms with Crippen molar-refractivity contribution >= 4 is 5.91 Å². The van der Waals surface area contributed by atoms with Gasteiger partial charge in [-0.25, -0.2) is 0 Å². The van der Waals surface area contributed by atoms with Gasteiger partial charge in [-0.15, -0.1) is 0 Å². The average molecular weight is 424 g/mol. The number of likely N-dealkylation sites (tertiary alicyclic amines) is 1. The molecule has 3 saturated heterocycles. The molecule has 31 heavy (non-hydrogen) atoms. The summed E-state index contributed by atoms with van der Waals surface area (Å²) in [6.45, 7) is 8.72. The molecule has 170 valence electrons. The molecule has 6 rings (SSSR count). The van der Waals surface area contributed by atoms with Crippen LogP contribution in [0.3, 0.4) is 0 Å². The second-order valence-corrected chi connectivity index (χ2v) is 11.3. The van der Waals surface area contributed by atoms with Crippen LogP contribution in [0.2, 0.25) is 0 Å². The van der Waals surface area contributed by atoms with Crippen molar-refractivity contribution in [2.45, 2.75) is 76.9 Å². The first-order chi connectivity index (χ1) is 15.1. The number of carbonyl (C=O) groups excluding carboxylic acids is 1. The summed E-state index contributed by atoms with van der Waals surface area (Å²) in [5, 5.41) is 7.20. The highest BCUT2D eigenvalue weighted by molar-refractivity contribution is 5.87. The summed E-state index contributed by atoms with van der Waals surface area (Å²) in [6.07, 6.45) is 9.14. The molecule has 3 heterocycles. The van der Waals surface area contributed by atoms with E-state index in [-0.39, 0.29) is 11.4 Å². The zero-order valence-electron chi connectivity index (χ0n) is 19.5. The number of nitrogens with zero attached hydrogens (tertiary/aromatic N) is 1. The Bertz CT molecular complexity index is 759. The average Bonchev–Trinajstić information content (AvgIpc) is 3.08. The molecule has 5 fully saturated rings. The van der Waals surface area contributed by atoms with Crippen LogP contribution in [0.1, 0.15) is 64.4 Å². The quantitative estimate of drug-likeness (QED) is 0.691. The normalized spacial score (nSPS) is 35.6. The van der Waals surface area contributed by atoms with Crippen molar-refractivity contribution < 1.29 is 4.79 Å². The smallest absolute Gasteiger partial charge is 0.240 e. The third kappa shape index (κ3) is 4.06. The molecule has 5 aliphatic rings. The Labute approximate surface area is 188 Å². The Kier molecular flexibility index (Phi) is 6.13. The lowest BCUT2D eigenvalue weighted by molar-refractivity contribution is -0.139. The van der Waals surface area contributed by atoms with E-state index in [0.717, 1.165) is 24.8 Å². The molecule has 4 bridgehead atoms. The Morgan fingerprint density at radius 3 is 2.71 bits per heavy atom. The summed E-state index contributed by atoms with van der Waals surface area (Å²) < 4.78 is 0. The van der Waals surface area contributed by atoms with Crippen molar-refractivity contribution in [2.75, 3.05) is 19.6 Å². The molecule has 0 aromatic heterocycles. The number of nitrogens with one attached hydrogen (secondary N) is 2. The first-order valence-corrected chi connectivity index (χ1v) is 12.9. The molecule has 4 heteroatoms. The van der Waals surface area contributed by atoms with Gasteiger partial charge in [-0.05, 0) is 42.1 Å².